The van der Waals surface area contributed by atoms with Crippen molar-refractivity contribution in [2.24, 2.45) is 11.8 Å². The molecule has 16 amide bonds. The number of carbonyl (C=O) groups is 16. The van der Waals surface area contributed by atoms with Crippen LogP contribution in [0.25, 0.3) is 11.1 Å². The minimum atomic E-state index is -1.82. The van der Waals surface area contributed by atoms with Crippen molar-refractivity contribution in [1.82, 2.24) is 51.9 Å². The molecule has 0 aromatic heterocycles. The molecule has 2 unspecified atom stereocenters. The Balaban J connectivity index is 0.746. The fourth-order valence-corrected chi connectivity index (χ4v) is 16.8. The highest BCUT2D eigenvalue weighted by Gasteiger charge is 2.49. The average molecular weight is 2020 g/mol. The summed E-state index contributed by atoms with van der Waals surface area (Å²) >= 11 is 0. The molecule has 0 aliphatic carbocycles. The van der Waals surface area contributed by atoms with Crippen molar-refractivity contribution < 1.29 is 134 Å². The number of nitrogens with one attached hydrogen (secondary N) is 10. The number of fused-ring (bicyclic) bond motifs is 2. The van der Waals surface area contributed by atoms with E-state index >= 15 is 9.59 Å². The van der Waals surface area contributed by atoms with Gasteiger partial charge in [-0.05, 0) is 184 Å². The number of ether oxygens (including phenoxy) is 10. The zero-order valence-electron chi connectivity index (χ0n) is 82.9. The van der Waals surface area contributed by atoms with Crippen molar-refractivity contribution in [3.8, 4) is 28.7 Å². The van der Waals surface area contributed by atoms with E-state index < -0.39 is 175 Å². The molecule has 0 fully saturated rings. The van der Waals surface area contributed by atoms with Crippen LogP contribution in [-0.4, -0.2) is 269 Å². The lowest BCUT2D eigenvalue weighted by atomic mass is 10.0. The molecule has 9 heterocycles. The molecule has 0 saturated heterocycles. The minimum Gasteiger partial charge on any atom is -0.497 e. The molecule has 43 nitrogen and oxygen atoms in total. The first kappa shape index (κ1) is 109. The van der Waals surface area contributed by atoms with E-state index in [1.165, 1.54) is 101 Å². The maximum Gasteiger partial charge on any atom is 0.416 e. The number of nitrogens with zero attached hydrogens (tertiary/aromatic N) is 5. The monoisotopic (exact) mass is 2020 g/mol. The Morgan fingerprint density at radius 1 is 0.493 bits per heavy atom. The molecule has 9 aliphatic heterocycles. The molecule has 146 heavy (non-hydrogen) atoms. The number of carbonyl (C=O) groups excluding carboxylic acids is 16. The van der Waals surface area contributed by atoms with Crippen LogP contribution in [0.1, 0.15) is 162 Å². The summed E-state index contributed by atoms with van der Waals surface area (Å²) in [6, 6.07) is 23.9. The van der Waals surface area contributed by atoms with Gasteiger partial charge in [-0.15, -0.1) is 0 Å². The molecule has 43 heteroatoms. The van der Waals surface area contributed by atoms with Gasteiger partial charge in [-0.3, -0.25) is 72.0 Å². The first-order chi connectivity index (χ1) is 70.1. The SMILES string of the molecule is COCCOCC(=O)NCCCC[C@H](NC(=O)CCCN1C(=O)C=CC1=O)C(=O)NCCCC(=O)Nc1ccc(C2=CN3C(=O)c4cc(OC)c5cc4N(C(=O)OCc4ccc(cc4)NC(=O)[C@H](C)NC(=O)[C@H](C(C)C)NC(=O)COCC(=O)N[C@@H](C(C)C)C(=O)N[C@@H](C)C(=O)Nc4ccc(cc4)COC(=O)N4c6cc(c(OC)cc6C(=O)N6C=C(c7ccc(OC)cc7)C[C@H]6C4O)OCCCCCO5)C(O)[C@@H]3C2)cc1. The summed E-state index contributed by atoms with van der Waals surface area (Å²) in [5, 5.41) is 52.3. The number of amides is 16. The van der Waals surface area contributed by atoms with Crippen molar-refractivity contribution >= 4 is 134 Å². The Morgan fingerprint density at radius 3 is 1.43 bits per heavy atom. The predicted molar refractivity (Wildman–Crippen MR) is 530 cm³/mol. The number of aliphatic hydroxyl groups excluding tert-OH is 2. The van der Waals surface area contributed by atoms with Crippen LogP contribution in [0.2, 0.25) is 0 Å². The quantitative estimate of drug-likeness (QED) is 0.0174. The van der Waals surface area contributed by atoms with Gasteiger partial charge in [0.15, 0.2) is 35.5 Å². The smallest absolute Gasteiger partial charge is 0.416 e. The standard InChI is InChI=1S/C103H125N15O28/c1-59(2)91-96(129)106-61(5)93(126)109-70-29-21-63(22-30-70)54-145-102(135)117-76-50-82(80(139-9)48-73(76)98(131)115-52-67(46-78(115)100(117)133)65-25-33-69(34-26-65)108-84(119)19-16-40-105-95(128)75(18-12-13-39-104-86(121)56-141-45-44-137-7)111-85(120)20-17-41-114-89(124)37-38-90(114)125)143-42-14-11-15-43-144-83-51-77-74(49-81(83)140-10)99(132)116-53-68(66-27-35-72(138-8)36-28-66)47-79(116)101(134)118(77)103(136)146-55-64-23-31-71(32-24-64)110-94(127)62(6)107-97(130)92(60(3)4)113-88(123)58-142-57-87(122)112-91/h21-38,48-53,59-62,75,78-79,91-92,100-101,133-134H,11-20,39-47,54-58H2,1-10H3,(H,104,121)(H,105,128)(H,106,129)(H,107,130)(H,108,119)(H,109,126)(H,110,127)(H,111,120)(H,112,122)(H,113,123)/t61-,62-,75-,78-,79-,91-,92-,100?,101?/m0/s1. The van der Waals surface area contributed by atoms with E-state index in [0.717, 1.165) is 32.4 Å². The van der Waals surface area contributed by atoms with Gasteiger partial charge in [0.1, 0.15) is 69.0 Å². The van der Waals surface area contributed by atoms with E-state index in [-0.39, 0.29) is 160 Å². The third-order valence-corrected chi connectivity index (χ3v) is 24.9. The molecule has 12 N–H and O–H groups in total. The van der Waals surface area contributed by atoms with Gasteiger partial charge in [0.25, 0.3) is 23.6 Å². The summed E-state index contributed by atoms with van der Waals surface area (Å²) in [7, 11) is 5.78. The lowest BCUT2D eigenvalue weighted by molar-refractivity contribution is -0.137. The molecule has 8 bridgehead atoms. The van der Waals surface area contributed by atoms with E-state index in [1.807, 2.05) is 12.1 Å². The third kappa shape index (κ3) is 29.1. The Morgan fingerprint density at radius 2 is 0.966 bits per heavy atom. The zero-order chi connectivity index (χ0) is 105. The van der Waals surface area contributed by atoms with Crippen molar-refractivity contribution in [2.45, 2.75) is 187 Å². The van der Waals surface area contributed by atoms with Crippen LogP contribution in [0.15, 0.2) is 146 Å². The van der Waals surface area contributed by atoms with E-state index in [9.17, 15) is 77.3 Å². The van der Waals surface area contributed by atoms with E-state index in [0.29, 0.717) is 78.0 Å². The highest BCUT2D eigenvalue weighted by molar-refractivity contribution is 6.13. The number of methoxy groups -OCH3 is 4. The number of hydrogen-bond donors (Lipinski definition) is 12. The minimum absolute atomic E-state index is 0.00413. The molecule has 0 saturated carbocycles. The van der Waals surface area contributed by atoms with E-state index in [4.69, 9.17) is 47.4 Å². The zero-order valence-corrected chi connectivity index (χ0v) is 82.9. The Bertz CT molecular complexity index is 5820. The second-order valence-corrected chi connectivity index (χ2v) is 36.2. The Hall–Kier alpha value is -15.3. The fraction of sp³-hybridized carbons (Fsp3) is 0.437. The predicted octanol–water partition coefficient (Wildman–Crippen LogP) is 6.97. The molecule has 780 valence electrons. The maximum atomic E-state index is 15.3. The van der Waals surface area contributed by atoms with Crippen molar-refractivity contribution in [1.29, 1.82) is 0 Å². The first-order valence-corrected chi connectivity index (χ1v) is 48.2. The van der Waals surface area contributed by atoms with Crippen LogP contribution in [0, 0.1) is 11.8 Å². The lowest BCUT2D eigenvalue weighted by Crippen LogP contribution is -2.55. The first-order valence-electron chi connectivity index (χ1n) is 48.2. The fourth-order valence-electron chi connectivity index (χ4n) is 16.8. The van der Waals surface area contributed by atoms with E-state index in [2.05, 4.69) is 53.2 Å². The van der Waals surface area contributed by atoms with Gasteiger partial charge in [0.05, 0.1) is 82.3 Å². The molecule has 6 aromatic carbocycles. The summed E-state index contributed by atoms with van der Waals surface area (Å²) in [6.07, 6.45) is 2.37. The van der Waals surface area contributed by atoms with Gasteiger partial charge < -0.3 is 121 Å². The Kier molecular flexibility index (Phi) is 39.2. The van der Waals surface area contributed by atoms with Crippen LogP contribution in [0.5, 0.6) is 28.7 Å². The van der Waals surface area contributed by atoms with Gasteiger partial charge in [-0.2, -0.15) is 0 Å². The summed E-state index contributed by atoms with van der Waals surface area (Å²) in [5.41, 5.74) is 3.99. The normalized spacial score (nSPS) is 20.5. The van der Waals surface area contributed by atoms with Crippen LogP contribution in [0.3, 0.4) is 0 Å². The third-order valence-electron chi connectivity index (χ3n) is 24.9. The number of hydrogen-bond acceptors (Lipinski definition) is 28. The molecule has 9 aliphatic rings. The van der Waals surface area contributed by atoms with Crippen molar-refractivity contribution in [3.05, 3.63) is 179 Å². The Labute approximate surface area is 843 Å². The number of unbranched alkanes of at least 4 members (excludes halogenated alkanes) is 1. The van der Waals surface area contributed by atoms with Gasteiger partial charge >= 0.3 is 12.2 Å². The molecule has 9 atom stereocenters. The molecule has 0 radical (unpaired) electrons. The summed E-state index contributed by atoms with van der Waals surface area (Å²) in [4.78, 5) is 224. The summed E-state index contributed by atoms with van der Waals surface area (Å²) < 4.78 is 57.4. The molecule has 15 rings (SSSR count). The topological polar surface area (TPSA) is 542 Å². The number of benzene rings is 6. The van der Waals surface area contributed by atoms with Gasteiger partial charge in [0.2, 0.25) is 59.1 Å². The van der Waals surface area contributed by atoms with Crippen molar-refractivity contribution in [3.63, 3.8) is 0 Å². The van der Waals surface area contributed by atoms with Gasteiger partial charge in [-0.25, -0.2) is 19.4 Å². The van der Waals surface area contributed by atoms with Gasteiger partial charge in [0, 0.05) is 93.3 Å². The summed E-state index contributed by atoms with van der Waals surface area (Å²) in [6.45, 7) is 8.12. The van der Waals surface area contributed by atoms with E-state index in [1.54, 1.807) is 101 Å². The molecular weight excluding hydrogens is 1900 g/mol. The lowest BCUT2D eigenvalue weighted by Gasteiger charge is -2.31. The van der Waals surface area contributed by atoms with Gasteiger partial charge in [-0.1, -0.05) is 76.2 Å². The number of imide groups is 1. The van der Waals surface area contributed by atoms with Crippen LogP contribution >= 0.6 is 0 Å². The average Bonchev–Trinajstić information content (AvgIpc) is 1.60. The van der Waals surface area contributed by atoms with Crippen LogP contribution < -0.4 is 86.7 Å². The molecule has 6 aromatic rings. The maximum absolute atomic E-state index is 15.3. The highest BCUT2D eigenvalue weighted by atomic mass is 16.6. The largest absolute Gasteiger partial charge is 0.497 e. The highest BCUT2D eigenvalue weighted by Crippen LogP contribution is 2.47. The second kappa shape index (κ2) is 52.3. The number of anilines is 5. The van der Waals surface area contributed by atoms with Crippen molar-refractivity contribution in [2.75, 3.05) is 120 Å². The number of rotatable bonds is 28. The second-order valence-electron chi connectivity index (χ2n) is 36.2. The van der Waals surface area contributed by atoms with Crippen LogP contribution in [0.4, 0.5) is 38.0 Å². The molecule has 0 spiro atoms. The van der Waals surface area contributed by atoms with Crippen LogP contribution in [-0.2, 0) is 94.4 Å². The molecular formula is C103H125N15O28. The number of aliphatic hydroxyl groups is 2. The summed E-state index contributed by atoms with van der Waals surface area (Å²) in [5.74, 6) is -8.33.